The van der Waals surface area contributed by atoms with Crippen LogP contribution in [0, 0.1) is 10.1 Å². The highest BCUT2D eigenvalue weighted by Gasteiger charge is 2.47. The van der Waals surface area contributed by atoms with Crippen molar-refractivity contribution < 1.29 is 14.8 Å². The Balaban J connectivity index is 2.42. The summed E-state index contributed by atoms with van der Waals surface area (Å²) in [6.07, 6.45) is 3.05. The van der Waals surface area contributed by atoms with Gasteiger partial charge in [-0.2, -0.15) is 0 Å². The molecule has 1 unspecified atom stereocenters. The van der Waals surface area contributed by atoms with Crippen molar-refractivity contribution in [3.8, 4) is 0 Å². The number of carboxylic acids is 1. The standard InChI is InChI=1S/C12H15N3O4/c1-2-12(11(16)17)5-3-7-14(12)10-8-9(15(18)19)4-6-13-10/h4,6,8H,2-3,5,7H2,1H3,(H,16,17). The lowest BCUT2D eigenvalue weighted by molar-refractivity contribution is -0.384. The third-order valence-corrected chi connectivity index (χ3v) is 3.69. The van der Waals surface area contributed by atoms with Gasteiger partial charge in [-0.15, -0.1) is 0 Å². The van der Waals surface area contributed by atoms with Gasteiger partial charge in [0.15, 0.2) is 0 Å². The van der Waals surface area contributed by atoms with Crippen molar-refractivity contribution >= 4 is 17.5 Å². The lowest BCUT2D eigenvalue weighted by atomic mass is 9.93. The molecule has 1 atom stereocenters. The highest BCUT2D eigenvalue weighted by Crippen LogP contribution is 2.36. The summed E-state index contributed by atoms with van der Waals surface area (Å²) in [5.74, 6) is -0.545. The van der Waals surface area contributed by atoms with Gasteiger partial charge in [0, 0.05) is 18.8 Å². The molecule has 0 radical (unpaired) electrons. The predicted octanol–water partition coefficient (Wildman–Crippen LogP) is 1.82. The Hall–Kier alpha value is -2.18. The van der Waals surface area contributed by atoms with Crippen molar-refractivity contribution in [1.29, 1.82) is 0 Å². The molecule has 1 fully saturated rings. The van der Waals surface area contributed by atoms with Crippen molar-refractivity contribution in [2.24, 2.45) is 0 Å². The molecule has 1 N–H and O–H groups in total. The second kappa shape index (κ2) is 4.83. The quantitative estimate of drug-likeness (QED) is 0.658. The number of hydrogen-bond donors (Lipinski definition) is 1. The van der Waals surface area contributed by atoms with E-state index in [9.17, 15) is 20.0 Å². The van der Waals surface area contributed by atoms with Crippen molar-refractivity contribution in [2.75, 3.05) is 11.4 Å². The number of nitrogens with zero attached hydrogens (tertiary/aromatic N) is 3. The summed E-state index contributed by atoms with van der Waals surface area (Å²) in [5, 5.41) is 20.2. The van der Waals surface area contributed by atoms with Gasteiger partial charge < -0.3 is 10.0 Å². The van der Waals surface area contributed by atoms with Crippen LogP contribution in [-0.2, 0) is 4.79 Å². The minimum absolute atomic E-state index is 0.0766. The number of aliphatic carboxylic acids is 1. The zero-order chi connectivity index (χ0) is 14.0. The molecule has 1 saturated heterocycles. The van der Waals surface area contributed by atoms with Gasteiger partial charge in [-0.1, -0.05) is 6.92 Å². The molecule has 2 heterocycles. The van der Waals surface area contributed by atoms with Gasteiger partial charge in [0.1, 0.15) is 11.4 Å². The van der Waals surface area contributed by atoms with E-state index < -0.39 is 16.4 Å². The van der Waals surface area contributed by atoms with E-state index in [4.69, 9.17) is 0 Å². The van der Waals surface area contributed by atoms with Crippen LogP contribution in [0.3, 0.4) is 0 Å². The number of pyridine rings is 1. The summed E-state index contributed by atoms with van der Waals surface area (Å²) in [7, 11) is 0. The molecule has 0 aliphatic carbocycles. The van der Waals surface area contributed by atoms with Crippen LogP contribution in [0.25, 0.3) is 0 Å². The fourth-order valence-electron chi connectivity index (χ4n) is 2.62. The molecule has 2 rings (SSSR count). The summed E-state index contributed by atoms with van der Waals surface area (Å²) in [6, 6.07) is 2.63. The van der Waals surface area contributed by atoms with E-state index in [1.54, 1.807) is 4.90 Å². The van der Waals surface area contributed by atoms with Crippen LogP contribution in [0.1, 0.15) is 26.2 Å². The molecule has 7 nitrogen and oxygen atoms in total. The molecule has 19 heavy (non-hydrogen) atoms. The van der Waals surface area contributed by atoms with Gasteiger partial charge in [0.05, 0.1) is 11.0 Å². The van der Waals surface area contributed by atoms with E-state index in [0.717, 1.165) is 6.42 Å². The van der Waals surface area contributed by atoms with Crippen LogP contribution in [0.15, 0.2) is 18.3 Å². The molecule has 1 aliphatic rings. The van der Waals surface area contributed by atoms with E-state index in [2.05, 4.69) is 4.98 Å². The van der Waals surface area contributed by atoms with Crippen LogP contribution < -0.4 is 4.90 Å². The Kier molecular flexibility index (Phi) is 3.37. The van der Waals surface area contributed by atoms with Gasteiger partial charge >= 0.3 is 5.97 Å². The molecule has 0 saturated carbocycles. The third kappa shape index (κ3) is 2.11. The zero-order valence-electron chi connectivity index (χ0n) is 10.6. The molecule has 0 amide bonds. The Labute approximate surface area is 110 Å². The third-order valence-electron chi connectivity index (χ3n) is 3.69. The number of carbonyl (C=O) groups is 1. The van der Waals surface area contributed by atoms with Crippen LogP contribution >= 0.6 is 0 Å². The molecular formula is C12H15N3O4. The summed E-state index contributed by atoms with van der Waals surface area (Å²) in [6.45, 7) is 2.36. The van der Waals surface area contributed by atoms with Crippen molar-refractivity contribution in [1.82, 2.24) is 4.98 Å². The average Bonchev–Trinajstić information content (AvgIpc) is 2.83. The minimum atomic E-state index is -0.998. The smallest absolute Gasteiger partial charge is 0.329 e. The Morgan fingerprint density at radius 1 is 1.68 bits per heavy atom. The second-order valence-corrected chi connectivity index (χ2v) is 4.57. The molecular weight excluding hydrogens is 250 g/mol. The zero-order valence-corrected chi connectivity index (χ0v) is 10.6. The average molecular weight is 265 g/mol. The van der Waals surface area contributed by atoms with Crippen molar-refractivity contribution in [3.63, 3.8) is 0 Å². The first-order valence-corrected chi connectivity index (χ1v) is 6.13. The maximum absolute atomic E-state index is 11.6. The highest BCUT2D eigenvalue weighted by molar-refractivity contribution is 5.84. The lowest BCUT2D eigenvalue weighted by Crippen LogP contribution is -2.50. The van der Waals surface area contributed by atoms with Gasteiger partial charge in [0.2, 0.25) is 0 Å². The fraction of sp³-hybridized carbons (Fsp3) is 0.500. The topological polar surface area (TPSA) is 96.6 Å². The molecule has 1 aromatic heterocycles. The summed E-state index contributed by atoms with van der Waals surface area (Å²) in [5.41, 5.74) is -1.07. The van der Waals surface area contributed by atoms with E-state index in [0.29, 0.717) is 25.2 Å². The van der Waals surface area contributed by atoms with Gasteiger partial charge in [-0.3, -0.25) is 10.1 Å². The van der Waals surface area contributed by atoms with E-state index in [-0.39, 0.29) is 5.69 Å². The molecule has 0 spiro atoms. The number of anilines is 1. The normalized spacial score (nSPS) is 22.5. The Morgan fingerprint density at radius 2 is 2.42 bits per heavy atom. The Morgan fingerprint density at radius 3 is 3.00 bits per heavy atom. The van der Waals surface area contributed by atoms with Gasteiger partial charge in [-0.05, 0) is 19.3 Å². The van der Waals surface area contributed by atoms with E-state index in [1.807, 2.05) is 6.92 Å². The molecule has 0 aromatic carbocycles. The number of carboxylic acid groups (broad SMARTS) is 1. The van der Waals surface area contributed by atoms with Crippen molar-refractivity contribution in [2.45, 2.75) is 31.7 Å². The first kappa shape index (κ1) is 13.3. The van der Waals surface area contributed by atoms with E-state index >= 15 is 0 Å². The predicted molar refractivity (Wildman–Crippen MR) is 68.1 cm³/mol. The van der Waals surface area contributed by atoms with Crippen LogP contribution in [-0.4, -0.2) is 33.1 Å². The SMILES string of the molecule is CCC1(C(=O)O)CCCN1c1cc([N+](=O)[O-])ccn1. The maximum atomic E-state index is 11.6. The first-order chi connectivity index (χ1) is 9.01. The summed E-state index contributed by atoms with van der Waals surface area (Å²) < 4.78 is 0. The minimum Gasteiger partial charge on any atom is -0.479 e. The van der Waals surface area contributed by atoms with Crippen LogP contribution in [0.2, 0.25) is 0 Å². The number of rotatable bonds is 4. The number of aromatic nitrogens is 1. The summed E-state index contributed by atoms with van der Waals surface area (Å²) >= 11 is 0. The molecule has 7 heteroatoms. The van der Waals surface area contributed by atoms with E-state index in [1.165, 1.54) is 18.3 Å². The molecule has 102 valence electrons. The maximum Gasteiger partial charge on any atom is 0.329 e. The first-order valence-electron chi connectivity index (χ1n) is 6.13. The summed E-state index contributed by atoms with van der Waals surface area (Å²) in [4.78, 5) is 27.6. The fourth-order valence-corrected chi connectivity index (χ4v) is 2.62. The number of nitro groups is 1. The highest BCUT2D eigenvalue weighted by atomic mass is 16.6. The molecule has 1 aromatic rings. The largest absolute Gasteiger partial charge is 0.479 e. The van der Waals surface area contributed by atoms with Crippen LogP contribution in [0.4, 0.5) is 11.5 Å². The number of hydrogen-bond acceptors (Lipinski definition) is 5. The Bertz CT molecular complexity index is 519. The monoisotopic (exact) mass is 265 g/mol. The van der Waals surface area contributed by atoms with Crippen molar-refractivity contribution in [3.05, 3.63) is 28.4 Å². The molecule has 1 aliphatic heterocycles. The van der Waals surface area contributed by atoms with Gasteiger partial charge in [-0.25, -0.2) is 9.78 Å². The lowest BCUT2D eigenvalue weighted by Gasteiger charge is -2.34. The molecule has 0 bridgehead atoms. The van der Waals surface area contributed by atoms with Gasteiger partial charge in [0.25, 0.3) is 5.69 Å². The van der Waals surface area contributed by atoms with Crippen LogP contribution in [0.5, 0.6) is 0 Å². The second-order valence-electron chi connectivity index (χ2n) is 4.57.